The van der Waals surface area contributed by atoms with Gasteiger partial charge in [0.25, 0.3) is 0 Å². The van der Waals surface area contributed by atoms with Crippen molar-refractivity contribution in [1.29, 1.82) is 0 Å². The zero-order chi connectivity index (χ0) is 17.5. The van der Waals surface area contributed by atoms with Crippen molar-refractivity contribution in [2.45, 2.75) is 6.92 Å². The second kappa shape index (κ2) is 8.17. The Bertz CT molecular complexity index is 818. The van der Waals surface area contributed by atoms with E-state index in [1.54, 1.807) is 6.20 Å². The highest BCUT2D eigenvalue weighted by atomic mass is 32.1. The predicted molar refractivity (Wildman–Crippen MR) is 107 cm³/mol. The molecule has 3 aromatic rings. The van der Waals surface area contributed by atoms with Crippen LogP contribution in [0, 0.1) is 6.92 Å². The van der Waals surface area contributed by atoms with Crippen LogP contribution in [0.25, 0.3) is 0 Å². The normalized spacial score (nSPS) is 11.0. The topological polar surface area (TPSA) is 49.3 Å². The van der Waals surface area contributed by atoms with Gasteiger partial charge in [0.05, 0.1) is 5.69 Å². The molecule has 1 heterocycles. The van der Waals surface area contributed by atoms with Crippen molar-refractivity contribution in [3.05, 3.63) is 95.8 Å². The summed E-state index contributed by atoms with van der Waals surface area (Å²) in [5.74, 6) is 0. The third-order valence-electron chi connectivity index (χ3n) is 3.53. The van der Waals surface area contributed by atoms with Gasteiger partial charge in [-0.15, -0.1) is 0 Å². The van der Waals surface area contributed by atoms with E-state index in [-0.39, 0.29) is 0 Å². The van der Waals surface area contributed by atoms with E-state index in [0.717, 1.165) is 22.7 Å². The molecule has 5 heteroatoms. The molecule has 0 atom stereocenters. The zero-order valence-corrected chi connectivity index (χ0v) is 14.6. The molecule has 0 bridgehead atoms. The molecule has 0 spiro atoms. The molecule has 4 nitrogen and oxygen atoms in total. The minimum atomic E-state index is 0.424. The number of hydrogen-bond acceptors (Lipinski definition) is 3. The number of nitrogens with one attached hydrogen (secondary N) is 2. The number of anilines is 1. The van der Waals surface area contributed by atoms with Gasteiger partial charge in [0.1, 0.15) is 5.71 Å². The van der Waals surface area contributed by atoms with Gasteiger partial charge in [0.2, 0.25) is 0 Å². The van der Waals surface area contributed by atoms with Gasteiger partial charge in [0.15, 0.2) is 5.11 Å². The van der Waals surface area contributed by atoms with Gasteiger partial charge in [-0.2, -0.15) is 5.10 Å². The summed E-state index contributed by atoms with van der Waals surface area (Å²) in [5.41, 5.74) is 7.50. The third-order valence-corrected chi connectivity index (χ3v) is 3.73. The molecule has 0 fully saturated rings. The van der Waals surface area contributed by atoms with Crippen LogP contribution in [-0.2, 0) is 0 Å². The monoisotopic (exact) mass is 346 g/mol. The fourth-order valence-corrected chi connectivity index (χ4v) is 2.43. The van der Waals surface area contributed by atoms with Gasteiger partial charge in [0, 0.05) is 17.4 Å². The molecule has 0 saturated carbocycles. The van der Waals surface area contributed by atoms with E-state index in [1.807, 2.05) is 79.7 Å². The predicted octanol–water partition coefficient (Wildman–Crippen LogP) is 4.13. The molecule has 0 aliphatic carbocycles. The molecule has 2 aromatic carbocycles. The Balaban J connectivity index is 1.79. The summed E-state index contributed by atoms with van der Waals surface area (Å²) in [6.45, 7) is 2.05. The minimum Gasteiger partial charge on any atom is -0.331 e. The minimum absolute atomic E-state index is 0.424. The van der Waals surface area contributed by atoms with Crippen molar-refractivity contribution in [3.63, 3.8) is 0 Å². The molecular weight excluding hydrogens is 328 g/mol. The first-order valence-electron chi connectivity index (χ1n) is 7.90. The standard InChI is InChI=1S/C20H18N4S/c1-15-10-12-17(13-11-15)22-20(25)24-23-19(16-7-3-2-4-8-16)18-9-5-6-14-21-18/h2-14H,1H3,(H2,22,24,25)/b23-19+. The molecule has 0 amide bonds. The number of rotatable bonds is 4. The van der Waals surface area contributed by atoms with Gasteiger partial charge in [-0.05, 0) is 43.4 Å². The van der Waals surface area contributed by atoms with E-state index >= 15 is 0 Å². The van der Waals surface area contributed by atoms with Crippen molar-refractivity contribution < 1.29 is 0 Å². The highest BCUT2D eigenvalue weighted by Gasteiger charge is 2.08. The number of pyridine rings is 1. The quantitative estimate of drug-likeness (QED) is 0.424. The lowest BCUT2D eigenvalue weighted by Crippen LogP contribution is -2.25. The van der Waals surface area contributed by atoms with Crippen LogP contribution < -0.4 is 10.7 Å². The summed E-state index contributed by atoms with van der Waals surface area (Å²) >= 11 is 5.34. The van der Waals surface area contributed by atoms with Crippen LogP contribution in [0.15, 0.2) is 84.1 Å². The summed E-state index contributed by atoms with van der Waals surface area (Å²) in [4.78, 5) is 4.39. The summed E-state index contributed by atoms with van der Waals surface area (Å²) in [5, 5.41) is 8.02. The highest BCUT2D eigenvalue weighted by molar-refractivity contribution is 7.80. The molecule has 0 aliphatic heterocycles. The van der Waals surface area contributed by atoms with E-state index in [2.05, 4.69) is 20.8 Å². The summed E-state index contributed by atoms with van der Waals surface area (Å²) in [6.07, 6.45) is 1.75. The Morgan fingerprint density at radius 3 is 2.32 bits per heavy atom. The first-order valence-corrected chi connectivity index (χ1v) is 8.31. The van der Waals surface area contributed by atoms with Crippen LogP contribution in [0.1, 0.15) is 16.8 Å². The smallest absolute Gasteiger partial charge is 0.191 e. The molecule has 0 saturated heterocycles. The SMILES string of the molecule is Cc1ccc(NC(=S)N/N=C(\c2ccccc2)c2ccccn2)cc1. The van der Waals surface area contributed by atoms with Crippen LogP contribution in [-0.4, -0.2) is 15.8 Å². The first kappa shape index (κ1) is 16.8. The maximum Gasteiger partial charge on any atom is 0.191 e. The van der Waals surface area contributed by atoms with Crippen molar-refractivity contribution in [1.82, 2.24) is 10.4 Å². The summed E-state index contributed by atoms with van der Waals surface area (Å²) in [6, 6.07) is 23.6. The van der Waals surface area contributed by atoms with E-state index in [1.165, 1.54) is 5.56 Å². The fourth-order valence-electron chi connectivity index (χ4n) is 2.27. The van der Waals surface area contributed by atoms with Crippen molar-refractivity contribution >= 4 is 28.7 Å². The lowest BCUT2D eigenvalue weighted by molar-refractivity contribution is 1.04. The molecule has 0 unspecified atom stereocenters. The van der Waals surface area contributed by atoms with E-state index in [4.69, 9.17) is 12.2 Å². The Morgan fingerprint density at radius 2 is 1.64 bits per heavy atom. The van der Waals surface area contributed by atoms with Crippen molar-refractivity contribution in [2.75, 3.05) is 5.32 Å². The van der Waals surface area contributed by atoms with Crippen LogP contribution in [0.5, 0.6) is 0 Å². The summed E-state index contributed by atoms with van der Waals surface area (Å²) < 4.78 is 0. The van der Waals surface area contributed by atoms with Crippen molar-refractivity contribution in [3.8, 4) is 0 Å². The van der Waals surface area contributed by atoms with Crippen LogP contribution in [0.4, 0.5) is 5.69 Å². The number of hydrogen-bond donors (Lipinski definition) is 2. The van der Waals surface area contributed by atoms with Gasteiger partial charge in [-0.3, -0.25) is 10.4 Å². The lowest BCUT2D eigenvalue weighted by atomic mass is 10.1. The maximum absolute atomic E-state index is 5.34. The second-order valence-electron chi connectivity index (χ2n) is 5.47. The van der Waals surface area contributed by atoms with Crippen molar-refractivity contribution in [2.24, 2.45) is 5.10 Å². The third kappa shape index (κ3) is 4.71. The zero-order valence-electron chi connectivity index (χ0n) is 13.8. The van der Waals surface area contributed by atoms with Gasteiger partial charge in [-0.1, -0.05) is 54.1 Å². The molecule has 3 rings (SSSR count). The number of benzene rings is 2. The lowest BCUT2D eigenvalue weighted by Gasteiger charge is -2.10. The molecule has 0 radical (unpaired) electrons. The molecule has 1 aromatic heterocycles. The van der Waals surface area contributed by atoms with Crippen LogP contribution >= 0.6 is 12.2 Å². The number of thiocarbonyl (C=S) groups is 1. The van der Waals surface area contributed by atoms with E-state index < -0.39 is 0 Å². The maximum atomic E-state index is 5.34. The van der Waals surface area contributed by atoms with Gasteiger partial charge < -0.3 is 5.32 Å². The van der Waals surface area contributed by atoms with Gasteiger partial charge >= 0.3 is 0 Å². The van der Waals surface area contributed by atoms with Gasteiger partial charge in [-0.25, -0.2) is 0 Å². The van der Waals surface area contributed by atoms with Crippen LogP contribution in [0.3, 0.4) is 0 Å². The molecule has 2 N–H and O–H groups in total. The first-order chi connectivity index (χ1) is 12.2. The number of aromatic nitrogens is 1. The number of hydrazone groups is 1. The second-order valence-corrected chi connectivity index (χ2v) is 5.88. The molecule has 25 heavy (non-hydrogen) atoms. The largest absolute Gasteiger partial charge is 0.331 e. The Labute approximate surface area is 152 Å². The molecule has 124 valence electrons. The average Bonchev–Trinajstić information content (AvgIpc) is 2.66. The highest BCUT2D eigenvalue weighted by Crippen LogP contribution is 2.10. The Kier molecular flexibility index (Phi) is 5.49. The number of nitrogens with zero attached hydrogens (tertiary/aromatic N) is 2. The molecular formula is C20H18N4S. The number of aryl methyl sites for hydroxylation is 1. The van der Waals surface area contributed by atoms with E-state index in [9.17, 15) is 0 Å². The Morgan fingerprint density at radius 1 is 0.920 bits per heavy atom. The van der Waals surface area contributed by atoms with Crippen LogP contribution in [0.2, 0.25) is 0 Å². The fraction of sp³-hybridized carbons (Fsp3) is 0.0500. The molecule has 0 aliphatic rings. The van der Waals surface area contributed by atoms with E-state index in [0.29, 0.717) is 5.11 Å². The summed E-state index contributed by atoms with van der Waals surface area (Å²) in [7, 11) is 0. The average molecular weight is 346 g/mol. The Hall–Kier alpha value is -3.05.